The molecular weight excluding hydrogens is 179 g/mol. The van der Waals surface area contributed by atoms with Crippen LogP contribution in [0, 0.1) is 0 Å². The Morgan fingerprint density at radius 1 is 0.467 bits per heavy atom. The van der Waals surface area contributed by atoms with Gasteiger partial charge in [0.25, 0.3) is 0 Å². The Bertz CT molecular complexity index is 494. The molecule has 15 heavy (non-hydrogen) atoms. The summed E-state index contributed by atoms with van der Waals surface area (Å²) in [4.78, 5) is 0. The molecule has 0 bridgehead atoms. The normalized spacial score (nSPS) is 10.1. The molecule has 0 saturated heterocycles. The summed E-state index contributed by atoms with van der Waals surface area (Å²) < 4.78 is 0. The van der Waals surface area contributed by atoms with Crippen LogP contribution in [0.5, 0.6) is 0 Å². The molecule has 0 unspecified atom stereocenters. The summed E-state index contributed by atoms with van der Waals surface area (Å²) in [5.41, 5.74) is 0. The van der Waals surface area contributed by atoms with E-state index in [1.54, 1.807) is 0 Å². The van der Waals surface area contributed by atoms with Gasteiger partial charge in [-0.25, -0.2) is 0 Å². The lowest BCUT2D eigenvalue weighted by molar-refractivity contribution is 1.76. The summed E-state index contributed by atoms with van der Waals surface area (Å²) in [5.74, 6) is 0. The smallest absolute Gasteiger partial charge is 0.0616 e. The highest BCUT2D eigenvalue weighted by Crippen LogP contribution is 2.21. The number of benzene rings is 3. The van der Waals surface area contributed by atoms with E-state index in [1.807, 2.05) is 0 Å². The summed E-state index contributed by atoms with van der Waals surface area (Å²) in [7, 11) is 0. The molecule has 0 heterocycles. The molecule has 0 spiro atoms. The predicted octanol–water partition coefficient (Wildman–Crippen LogP) is 2.81. The molecule has 0 nitrogen and oxygen atoms in total. The van der Waals surface area contributed by atoms with Gasteiger partial charge in [0, 0.05) is 0 Å². The van der Waals surface area contributed by atoms with Crippen LogP contribution in [0.3, 0.4) is 0 Å². The summed E-state index contributed by atoms with van der Waals surface area (Å²) in [5, 5.41) is 5.25. The highest BCUT2D eigenvalue weighted by Gasteiger charge is 1.95. The van der Waals surface area contributed by atoms with Crippen molar-refractivity contribution in [3.8, 4) is 0 Å². The Labute approximate surface area is 91.1 Å². The SMILES string of the molecule is B.c1ccc2cc3ccccc3cc2c1. The van der Waals surface area contributed by atoms with Crippen molar-refractivity contribution in [1.82, 2.24) is 0 Å². The molecule has 0 N–H and O–H groups in total. The van der Waals surface area contributed by atoms with Crippen LogP contribution in [0.15, 0.2) is 60.7 Å². The largest absolute Gasteiger partial charge is 0.0814 e. The third-order valence-electron chi connectivity index (χ3n) is 2.61. The lowest BCUT2D eigenvalue weighted by Crippen LogP contribution is -1.74. The van der Waals surface area contributed by atoms with Crippen molar-refractivity contribution >= 4 is 30.0 Å². The van der Waals surface area contributed by atoms with Crippen LogP contribution in [0.25, 0.3) is 21.5 Å². The van der Waals surface area contributed by atoms with Gasteiger partial charge in [0.2, 0.25) is 0 Å². The van der Waals surface area contributed by atoms with Gasteiger partial charge < -0.3 is 0 Å². The standard InChI is InChI=1S/C14H10.BH3/c1-2-6-12-10-14-8-4-3-7-13(14)9-11(12)5-1;/h1-10H;1H3. The maximum atomic E-state index is 2.24. The summed E-state index contributed by atoms with van der Waals surface area (Å²) in [6, 6.07) is 21.4. The van der Waals surface area contributed by atoms with E-state index < -0.39 is 0 Å². The Morgan fingerprint density at radius 2 is 0.733 bits per heavy atom. The fraction of sp³-hybridized carbons (Fsp3) is 0. The maximum Gasteiger partial charge on any atom is 0.0814 e. The molecule has 0 saturated carbocycles. The molecule has 0 atom stereocenters. The van der Waals surface area contributed by atoms with Crippen molar-refractivity contribution < 1.29 is 0 Å². The Balaban J connectivity index is 0.000000853. The lowest BCUT2D eigenvalue weighted by Gasteiger charge is -2.00. The van der Waals surface area contributed by atoms with Gasteiger partial charge in [-0.3, -0.25) is 0 Å². The highest BCUT2D eigenvalue weighted by atomic mass is 14.0. The summed E-state index contributed by atoms with van der Waals surface area (Å²) in [6.45, 7) is 0. The molecule has 0 amide bonds. The zero-order chi connectivity index (χ0) is 9.38. The number of rotatable bonds is 0. The second kappa shape index (κ2) is 3.78. The molecule has 0 aromatic heterocycles. The van der Waals surface area contributed by atoms with Crippen LogP contribution in [0.1, 0.15) is 0 Å². The number of hydrogen-bond donors (Lipinski definition) is 0. The summed E-state index contributed by atoms with van der Waals surface area (Å²) >= 11 is 0. The van der Waals surface area contributed by atoms with E-state index in [0.29, 0.717) is 0 Å². The van der Waals surface area contributed by atoms with Crippen molar-refractivity contribution in [3.63, 3.8) is 0 Å². The van der Waals surface area contributed by atoms with E-state index in [2.05, 4.69) is 60.7 Å². The first-order valence-corrected chi connectivity index (χ1v) is 4.81. The fourth-order valence-corrected chi connectivity index (χ4v) is 1.88. The third-order valence-corrected chi connectivity index (χ3v) is 2.61. The van der Waals surface area contributed by atoms with Crippen LogP contribution in [0.2, 0.25) is 0 Å². The molecule has 1 heteroatoms. The third kappa shape index (κ3) is 1.61. The van der Waals surface area contributed by atoms with Gasteiger partial charge in [0.15, 0.2) is 0 Å². The molecule has 0 fully saturated rings. The molecule has 0 aliphatic heterocycles. The minimum atomic E-state index is 0. The molecule has 3 aromatic rings. The van der Waals surface area contributed by atoms with E-state index in [4.69, 9.17) is 0 Å². The van der Waals surface area contributed by atoms with Crippen LogP contribution >= 0.6 is 0 Å². The molecule has 0 aliphatic carbocycles. The van der Waals surface area contributed by atoms with Gasteiger partial charge in [-0.15, -0.1) is 0 Å². The number of hydrogen-bond acceptors (Lipinski definition) is 0. The molecule has 72 valence electrons. The molecular formula is C14H13B. The lowest BCUT2D eigenvalue weighted by atomic mass is 10.0. The van der Waals surface area contributed by atoms with Gasteiger partial charge in [-0.1, -0.05) is 48.5 Å². The van der Waals surface area contributed by atoms with E-state index in [1.165, 1.54) is 21.5 Å². The average Bonchev–Trinajstić information content (AvgIpc) is 2.26. The minimum absolute atomic E-state index is 0. The summed E-state index contributed by atoms with van der Waals surface area (Å²) in [6.07, 6.45) is 0. The Morgan fingerprint density at radius 3 is 1.00 bits per heavy atom. The van der Waals surface area contributed by atoms with Crippen molar-refractivity contribution in [2.75, 3.05) is 0 Å². The topological polar surface area (TPSA) is 0 Å². The molecule has 3 aromatic carbocycles. The molecule has 0 aliphatic rings. The Hall–Kier alpha value is -1.76. The monoisotopic (exact) mass is 192 g/mol. The maximum absolute atomic E-state index is 2.24. The van der Waals surface area contributed by atoms with Gasteiger partial charge >= 0.3 is 0 Å². The predicted molar refractivity (Wildman–Crippen MR) is 71.4 cm³/mol. The zero-order valence-corrected chi connectivity index (χ0v) is 7.77. The number of fused-ring (bicyclic) bond motifs is 2. The Kier molecular flexibility index (Phi) is 2.46. The van der Waals surface area contributed by atoms with Crippen LogP contribution in [-0.4, -0.2) is 8.41 Å². The average molecular weight is 192 g/mol. The van der Waals surface area contributed by atoms with E-state index in [-0.39, 0.29) is 8.41 Å². The van der Waals surface area contributed by atoms with Gasteiger partial charge in [0.05, 0.1) is 8.41 Å². The second-order valence-corrected chi connectivity index (χ2v) is 3.55. The van der Waals surface area contributed by atoms with E-state index >= 15 is 0 Å². The van der Waals surface area contributed by atoms with Crippen LogP contribution < -0.4 is 0 Å². The van der Waals surface area contributed by atoms with Gasteiger partial charge in [0.1, 0.15) is 0 Å². The first kappa shape index (κ1) is 9.79. The van der Waals surface area contributed by atoms with E-state index in [0.717, 1.165) is 0 Å². The zero-order valence-electron chi connectivity index (χ0n) is 7.77. The van der Waals surface area contributed by atoms with Crippen molar-refractivity contribution in [2.24, 2.45) is 0 Å². The van der Waals surface area contributed by atoms with E-state index in [9.17, 15) is 0 Å². The van der Waals surface area contributed by atoms with Crippen LogP contribution in [-0.2, 0) is 0 Å². The van der Waals surface area contributed by atoms with Crippen molar-refractivity contribution in [1.29, 1.82) is 0 Å². The fourth-order valence-electron chi connectivity index (χ4n) is 1.88. The highest BCUT2D eigenvalue weighted by molar-refractivity contribution is 5.98. The molecule has 3 rings (SSSR count). The second-order valence-electron chi connectivity index (χ2n) is 3.55. The van der Waals surface area contributed by atoms with Gasteiger partial charge in [-0.2, -0.15) is 0 Å². The minimum Gasteiger partial charge on any atom is -0.0616 e. The van der Waals surface area contributed by atoms with Crippen molar-refractivity contribution in [2.45, 2.75) is 0 Å². The van der Waals surface area contributed by atoms with Gasteiger partial charge in [-0.05, 0) is 33.7 Å². The quantitative estimate of drug-likeness (QED) is 0.379. The first-order valence-electron chi connectivity index (χ1n) is 4.81. The van der Waals surface area contributed by atoms with Crippen LogP contribution in [0.4, 0.5) is 0 Å². The first-order chi connectivity index (χ1) is 6.93. The molecule has 0 radical (unpaired) electrons. The van der Waals surface area contributed by atoms with Crippen molar-refractivity contribution in [3.05, 3.63) is 60.7 Å².